The van der Waals surface area contributed by atoms with E-state index in [2.05, 4.69) is 28.8 Å². The highest BCUT2D eigenvalue weighted by Crippen LogP contribution is 2.44. The summed E-state index contributed by atoms with van der Waals surface area (Å²) in [4.78, 5) is 17.5. The third kappa shape index (κ3) is 4.77. The Labute approximate surface area is 178 Å². The molecule has 0 aromatic carbocycles. The maximum Gasteiger partial charge on any atom is 0.352 e. The first kappa shape index (κ1) is 22.5. The van der Waals surface area contributed by atoms with E-state index in [0.29, 0.717) is 5.70 Å². The molecule has 0 fully saturated rings. The van der Waals surface area contributed by atoms with Crippen molar-refractivity contribution in [1.29, 1.82) is 5.41 Å². The van der Waals surface area contributed by atoms with Crippen LogP contribution in [-0.4, -0.2) is 46.0 Å². The van der Waals surface area contributed by atoms with Gasteiger partial charge in [-0.25, -0.2) is 4.79 Å². The van der Waals surface area contributed by atoms with Crippen molar-refractivity contribution in [3.8, 4) is 0 Å². The standard InChI is InChI=1S/C20H30N6O3S/c1-20(2)7-6-14-17(13-4-3-5-15(13)24-18(14)20)25-19(29)26-30(22)16(21)10-12(11-28)23-8-9-27/h10,21,23,27-28H,3-9,11H2,1-2H3,(H3,22,24,25,26,29)/b12-10-,21-16?. The molecule has 1 heterocycles. The van der Waals surface area contributed by atoms with Gasteiger partial charge in [-0.15, -0.1) is 4.36 Å². The van der Waals surface area contributed by atoms with Crippen LogP contribution in [0.15, 0.2) is 16.1 Å². The molecular formula is C20H30N6O3S. The first-order valence-electron chi connectivity index (χ1n) is 10.1. The molecule has 2 aliphatic rings. The number of aryl methyl sites for hydroxylation is 1. The molecule has 30 heavy (non-hydrogen) atoms. The second-order valence-electron chi connectivity index (χ2n) is 8.15. The van der Waals surface area contributed by atoms with Crippen LogP contribution in [0.1, 0.15) is 49.2 Å². The van der Waals surface area contributed by atoms with E-state index in [1.807, 2.05) is 0 Å². The molecule has 1 aromatic rings. The van der Waals surface area contributed by atoms with E-state index in [-0.39, 0.29) is 30.2 Å². The highest BCUT2D eigenvalue weighted by Gasteiger charge is 2.36. The van der Waals surface area contributed by atoms with Crippen LogP contribution in [0, 0.1) is 5.41 Å². The number of anilines is 1. The maximum atomic E-state index is 12.6. The largest absolute Gasteiger partial charge is 0.395 e. The third-order valence-electron chi connectivity index (χ3n) is 5.54. The summed E-state index contributed by atoms with van der Waals surface area (Å²) in [7, 11) is -1.47. The van der Waals surface area contributed by atoms with Gasteiger partial charge in [-0.1, -0.05) is 13.8 Å². The molecule has 1 unspecified atom stereocenters. The van der Waals surface area contributed by atoms with Gasteiger partial charge in [0.15, 0.2) is 0 Å². The van der Waals surface area contributed by atoms with Gasteiger partial charge in [0.1, 0.15) is 5.04 Å². The summed E-state index contributed by atoms with van der Waals surface area (Å²) in [6.07, 6.45) is 6.00. The normalized spacial score (nSPS) is 18.1. The molecule has 1 atom stereocenters. The van der Waals surface area contributed by atoms with Gasteiger partial charge in [-0.05, 0) is 49.3 Å². The summed E-state index contributed by atoms with van der Waals surface area (Å²) < 4.78 is 3.93. The second kappa shape index (κ2) is 9.34. The van der Waals surface area contributed by atoms with Crippen molar-refractivity contribution in [3.05, 3.63) is 34.3 Å². The number of hydrogen-bond acceptors (Lipinski definition) is 6. The molecule has 1 aromatic heterocycles. The van der Waals surface area contributed by atoms with E-state index >= 15 is 0 Å². The predicted octanol–water partition coefficient (Wildman–Crippen LogP) is 1.44. The Morgan fingerprint density at radius 1 is 1.33 bits per heavy atom. The lowest BCUT2D eigenvalue weighted by Gasteiger charge is -2.20. The van der Waals surface area contributed by atoms with Crippen LogP contribution in [0.25, 0.3) is 0 Å². The van der Waals surface area contributed by atoms with Crippen LogP contribution in [0.2, 0.25) is 0 Å². The molecule has 3 rings (SSSR count). The van der Waals surface area contributed by atoms with Gasteiger partial charge in [0, 0.05) is 34.2 Å². The first-order chi connectivity index (χ1) is 14.3. The number of carbonyl (C=O) groups excluding carboxylic acids is 1. The smallest absolute Gasteiger partial charge is 0.352 e. The highest BCUT2D eigenvalue weighted by molar-refractivity contribution is 8.01. The van der Waals surface area contributed by atoms with Gasteiger partial charge in [-0.3, -0.25) is 15.5 Å². The highest BCUT2D eigenvalue weighted by atomic mass is 32.2. The Hall–Kier alpha value is -2.14. The fourth-order valence-corrected chi connectivity index (χ4v) is 4.57. The van der Waals surface area contributed by atoms with Crippen LogP contribution in [0.4, 0.5) is 10.5 Å². The van der Waals surface area contributed by atoms with Crippen molar-refractivity contribution < 1.29 is 15.0 Å². The van der Waals surface area contributed by atoms with Crippen molar-refractivity contribution >= 4 is 27.6 Å². The summed E-state index contributed by atoms with van der Waals surface area (Å²) in [6, 6.07) is -0.583. The summed E-state index contributed by atoms with van der Waals surface area (Å²) in [5, 5.41) is 37.8. The molecular weight excluding hydrogens is 404 g/mol. The number of urea groups is 1. The Kier molecular flexibility index (Phi) is 7.02. The number of nitrogens with zero attached hydrogens (tertiary/aromatic N) is 2. The van der Waals surface area contributed by atoms with Gasteiger partial charge in [-0.2, -0.15) is 0 Å². The Morgan fingerprint density at radius 2 is 2.10 bits per heavy atom. The first-order valence-corrected chi connectivity index (χ1v) is 11.3. The van der Waals surface area contributed by atoms with Crippen molar-refractivity contribution in [3.63, 3.8) is 0 Å². The molecule has 0 saturated carbocycles. The van der Waals surface area contributed by atoms with Crippen LogP contribution in [0.3, 0.4) is 0 Å². The van der Waals surface area contributed by atoms with Crippen LogP contribution in [0.5, 0.6) is 0 Å². The molecule has 2 amide bonds. The van der Waals surface area contributed by atoms with Gasteiger partial charge < -0.3 is 20.8 Å². The molecule has 0 bridgehead atoms. The van der Waals surface area contributed by atoms with Gasteiger partial charge >= 0.3 is 6.03 Å². The number of aliphatic hydroxyl groups is 2. The van der Waals surface area contributed by atoms with Crippen LogP contribution >= 0.6 is 0 Å². The zero-order valence-electron chi connectivity index (χ0n) is 17.4. The zero-order valence-corrected chi connectivity index (χ0v) is 18.2. The molecule has 10 heteroatoms. The predicted molar refractivity (Wildman–Crippen MR) is 119 cm³/mol. The van der Waals surface area contributed by atoms with Crippen molar-refractivity contribution in [2.24, 2.45) is 9.50 Å². The van der Waals surface area contributed by atoms with Gasteiger partial charge in [0.05, 0.1) is 24.6 Å². The second-order valence-corrected chi connectivity index (χ2v) is 9.41. The molecule has 2 aliphatic carbocycles. The number of pyridine rings is 1. The van der Waals surface area contributed by atoms with Crippen molar-refractivity contribution in [2.45, 2.75) is 51.4 Å². The van der Waals surface area contributed by atoms with E-state index in [9.17, 15) is 9.90 Å². The molecule has 0 radical (unpaired) electrons. The zero-order chi connectivity index (χ0) is 21.9. The van der Waals surface area contributed by atoms with E-state index in [4.69, 9.17) is 20.6 Å². The minimum atomic E-state index is -1.47. The van der Waals surface area contributed by atoms with Crippen molar-refractivity contribution in [1.82, 2.24) is 10.3 Å². The van der Waals surface area contributed by atoms with Gasteiger partial charge in [0.2, 0.25) is 0 Å². The number of carbonyl (C=O) groups is 1. The monoisotopic (exact) mass is 434 g/mol. The molecule has 0 spiro atoms. The Morgan fingerprint density at radius 3 is 2.80 bits per heavy atom. The fourth-order valence-electron chi connectivity index (χ4n) is 3.99. The number of nitrogens with one attached hydrogen (secondary N) is 3. The lowest BCUT2D eigenvalue weighted by atomic mass is 9.90. The Bertz CT molecular complexity index is 926. The summed E-state index contributed by atoms with van der Waals surface area (Å²) >= 11 is 0. The number of hydrogen-bond donors (Lipinski definition) is 6. The molecule has 164 valence electrons. The lowest BCUT2D eigenvalue weighted by Crippen LogP contribution is -2.23. The average Bonchev–Trinajstić information content (AvgIpc) is 3.29. The van der Waals surface area contributed by atoms with E-state index in [1.54, 1.807) is 0 Å². The molecule has 7 N–H and O–H groups in total. The molecule has 9 nitrogen and oxygen atoms in total. The number of fused-ring (bicyclic) bond motifs is 2. The number of nitrogens with two attached hydrogens (primary N) is 1. The topological polar surface area (TPSA) is 157 Å². The average molecular weight is 435 g/mol. The maximum absolute atomic E-state index is 12.6. The SMILES string of the molecule is CC1(C)CCc2c1nc1c(c2NC(=O)/N=S(\N)C(=N)/C=C(/CO)NCCO)CCC1. The molecule has 0 saturated heterocycles. The minimum Gasteiger partial charge on any atom is -0.395 e. The van der Waals surface area contributed by atoms with Gasteiger partial charge in [0.25, 0.3) is 0 Å². The number of amides is 2. The van der Waals surface area contributed by atoms with E-state index in [0.717, 1.165) is 60.3 Å². The summed E-state index contributed by atoms with van der Waals surface area (Å²) in [5.41, 5.74) is 5.44. The summed E-state index contributed by atoms with van der Waals surface area (Å²) in [6.45, 7) is 4.15. The van der Waals surface area contributed by atoms with Crippen LogP contribution < -0.4 is 15.8 Å². The number of rotatable bonds is 6. The lowest BCUT2D eigenvalue weighted by molar-refractivity contribution is 0.260. The van der Waals surface area contributed by atoms with E-state index < -0.39 is 16.9 Å². The minimum absolute atomic E-state index is 0.0170. The number of aliphatic hydroxyl groups excluding tert-OH is 2. The van der Waals surface area contributed by atoms with Crippen LogP contribution in [-0.2, 0) is 35.6 Å². The quantitative estimate of drug-likeness (QED) is 0.294. The van der Waals surface area contributed by atoms with Crippen molar-refractivity contribution in [2.75, 3.05) is 25.1 Å². The number of aromatic nitrogens is 1. The van der Waals surface area contributed by atoms with E-state index in [1.165, 1.54) is 6.08 Å². The fraction of sp³-hybridized carbons (Fsp3) is 0.550. The Balaban J connectivity index is 1.81. The molecule has 0 aliphatic heterocycles. The third-order valence-corrected chi connectivity index (χ3v) is 6.47. The summed E-state index contributed by atoms with van der Waals surface area (Å²) in [5.74, 6) is 0.